The van der Waals surface area contributed by atoms with Gasteiger partial charge in [-0.15, -0.1) is 0 Å². The van der Waals surface area contributed by atoms with E-state index in [9.17, 15) is 10.1 Å². The van der Waals surface area contributed by atoms with Crippen LogP contribution in [-0.2, 0) is 4.79 Å². The number of hydrogen-bond acceptors (Lipinski definition) is 3. The highest BCUT2D eigenvalue weighted by atomic mass is 35.5. The Balaban J connectivity index is 2.21. The van der Waals surface area contributed by atoms with Crippen molar-refractivity contribution < 1.29 is 9.53 Å². The summed E-state index contributed by atoms with van der Waals surface area (Å²) < 4.78 is 5.36. The van der Waals surface area contributed by atoms with Crippen molar-refractivity contribution in [3.05, 3.63) is 63.1 Å². The lowest BCUT2D eigenvalue weighted by Crippen LogP contribution is -2.13. The van der Waals surface area contributed by atoms with Crippen LogP contribution in [0.25, 0.3) is 6.08 Å². The molecule has 0 heterocycles. The third-order valence-electron chi connectivity index (χ3n) is 3.36. The standard InChI is InChI=1S/C19H16Cl2N2O2/c1-3-25-18-7-5-13(9-17(18)21)8-14(11-22)19(24)23-15-6-4-12(2)16(20)10-15/h4-10H,3H2,1-2H3,(H,23,24)/b14-8+. The maximum atomic E-state index is 12.3. The number of amides is 1. The summed E-state index contributed by atoms with van der Waals surface area (Å²) in [4.78, 5) is 12.3. The second kappa shape index (κ2) is 8.57. The van der Waals surface area contributed by atoms with Gasteiger partial charge in [0.15, 0.2) is 0 Å². The fraction of sp³-hybridized carbons (Fsp3) is 0.158. The molecule has 0 aliphatic rings. The van der Waals surface area contributed by atoms with Gasteiger partial charge in [0.25, 0.3) is 5.91 Å². The molecule has 0 radical (unpaired) electrons. The Hall–Kier alpha value is -2.48. The lowest BCUT2D eigenvalue weighted by Gasteiger charge is -2.07. The lowest BCUT2D eigenvalue weighted by atomic mass is 10.1. The minimum atomic E-state index is -0.521. The van der Waals surface area contributed by atoms with Gasteiger partial charge in [0, 0.05) is 10.7 Å². The van der Waals surface area contributed by atoms with Crippen molar-refractivity contribution in [1.82, 2.24) is 0 Å². The molecule has 128 valence electrons. The number of nitrogens with one attached hydrogen (secondary N) is 1. The molecule has 4 nitrogen and oxygen atoms in total. The minimum absolute atomic E-state index is 0.0445. The molecule has 0 atom stereocenters. The molecule has 0 saturated carbocycles. The molecule has 0 bridgehead atoms. The third kappa shape index (κ3) is 4.99. The molecule has 0 saturated heterocycles. The summed E-state index contributed by atoms with van der Waals surface area (Å²) >= 11 is 12.2. The van der Waals surface area contributed by atoms with E-state index in [0.717, 1.165) is 5.56 Å². The number of anilines is 1. The zero-order chi connectivity index (χ0) is 18.4. The van der Waals surface area contributed by atoms with Crippen LogP contribution < -0.4 is 10.1 Å². The molecule has 2 aromatic rings. The van der Waals surface area contributed by atoms with Gasteiger partial charge < -0.3 is 10.1 Å². The number of nitrogens with zero attached hydrogens (tertiary/aromatic N) is 1. The Morgan fingerprint density at radius 2 is 2.00 bits per heavy atom. The smallest absolute Gasteiger partial charge is 0.266 e. The van der Waals surface area contributed by atoms with Crippen molar-refractivity contribution in [2.24, 2.45) is 0 Å². The van der Waals surface area contributed by atoms with E-state index in [0.29, 0.717) is 33.7 Å². The summed E-state index contributed by atoms with van der Waals surface area (Å²) in [5, 5.41) is 12.9. The van der Waals surface area contributed by atoms with Gasteiger partial charge in [0.1, 0.15) is 17.4 Å². The van der Waals surface area contributed by atoms with Crippen molar-refractivity contribution in [2.45, 2.75) is 13.8 Å². The first kappa shape index (κ1) is 18.9. The first-order valence-electron chi connectivity index (χ1n) is 7.56. The van der Waals surface area contributed by atoms with Crippen molar-refractivity contribution >= 4 is 40.9 Å². The van der Waals surface area contributed by atoms with Crippen LogP contribution >= 0.6 is 23.2 Å². The number of ether oxygens (including phenoxy) is 1. The number of benzene rings is 2. The SMILES string of the molecule is CCOc1ccc(/C=C(\C#N)C(=O)Nc2ccc(C)c(Cl)c2)cc1Cl. The van der Waals surface area contributed by atoms with E-state index >= 15 is 0 Å². The van der Waals surface area contributed by atoms with Crippen LogP contribution in [0.4, 0.5) is 5.69 Å². The maximum Gasteiger partial charge on any atom is 0.266 e. The summed E-state index contributed by atoms with van der Waals surface area (Å²) in [6.45, 7) is 4.23. The molecule has 0 spiro atoms. The van der Waals surface area contributed by atoms with Gasteiger partial charge in [0.05, 0.1) is 11.6 Å². The zero-order valence-corrected chi connectivity index (χ0v) is 15.3. The molecule has 0 fully saturated rings. The second-order valence-corrected chi connectivity index (χ2v) is 6.03. The van der Waals surface area contributed by atoms with Gasteiger partial charge in [-0.1, -0.05) is 35.3 Å². The van der Waals surface area contributed by atoms with Crippen LogP contribution in [0.15, 0.2) is 42.0 Å². The quantitative estimate of drug-likeness (QED) is 0.574. The number of hydrogen-bond donors (Lipinski definition) is 1. The highest BCUT2D eigenvalue weighted by Crippen LogP contribution is 2.26. The van der Waals surface area contributed by atoms with E-state index in [2.05, 4.69) is 5.32 Å². The summed E-state index contributed by atoms with van der Waals surface area (Å²) in [5.41, 5.74) is 2.00. The molecule has 0 aromatic heterocycles. The Morgan fingerprint density at radius 3 is 2.60 bits per heavy atom. The fourth-order valence-corrected chi connectivity index (χ4v) is 2.49. The predicted octanol–water partition coefficient (Wildman–Crippen LogP) is 5.25. The summed E-state index contributed by atoms with van der Waals surface area (Å²) in [7, 11) is 0. The predicted molar refractivity (Wildman–Crippen MR) is 101 cm³/mol. The Kier molecular flexibility index (Phi) is 6.46. The first-order valence-corrected chi connectivity index (χ1v) is 8.31. The number of nitriles is 1. The molecule has 25 heavy (non-hydrogen) atoms. The van der Waals surface area contributed by atoms with E-state index in [1.165, 1.54) is 6.08 Å². The average Bonchev–Trinajstić information content (AvgIpc) is 2.58. The van der Waals surface area contributed by atoms with Gasteiger partial charge in [-0.3, -0.25) is 4.79 Å². The van der Waals surface area contributed by atoms with E-state index < -0.39 is 5.91 Å². The monoisotopic (exact) mass is 374 g/mol. The average molecular weight is 375 g/mol. The van der Waals surface area contributed by atoms with Crippen molar-refractivity contribution in [3.8, 4) is 11.8 Å². The molecule has 2 aromatic carbocycles. The van der Waals surface area contributed by atoms with Gasteiger partial charge in [0.2, 0.25) is 0 Å². The van der Waals surface area contributed by atoms with E-state index in [1.54, 1.807) is 36.4 Å². The minimum Gasteiger partial charge on any atom is -0.492 e. The van der Waals surface area contributed by atoms with Crippen LogP contribution in [0.2, 0.25) is 10.0 Å². The Bertz CT molecular complexity index is 870. The highest BCUT2D eigenvalue weighted by Gasteiger charge is 2.11. The van der Waals surface area contributed by atoms with Gasteiger partial charge in [-0.05, 0) is 55.3 Å². The van der Waals surface area contributed by atoms with Gasteiger partial charge >= 0.3 is 0 Å². The van der Waals surface area contributed by atoms with Gasteiger partial charge in [-0.2, -0.15) is 5.26 Å². The number of carbonyl (C=O) groups is 1. The van der Waals surface area contributed by atoms with Crippen molar-refractivity contribution in [2.75, 3.05) is 11.9 Å². The first-order chi connectivity index (χ1) is 11.9. The normalized spacial score (nSPS) is 10.9. The van der Waals surface area contributed by atoms with Crippen molar-refractivity contribution in [3.63, 3.8) is 0 Å². The molecular weight excluding hydrogens is 359 g/mol. The number of carbonyl (C=O) groups excluding carboxylic acids is 1. The Labute approximate surface area is 156 Å². The number of aryl methyl sites for hydroxylation is 1. The second-order valence-electron chi connectivity index (χ2n) is 5.21. The number of halogens is 2. The van der Waals surface area contributed by atoms with Crippen LogP contribution in [0.1, 0.15) is 18.1 Å². The molecule has 6 heteroatoms. The molecule has 1 N–H and O–H groups in total. The molecule has 0 aliphatic heterocycles. The number of rotatable bonds is 5. The van der Waals surface area contributed by atoms with Gasteiger partial charge in [-0.25, -0.2) is 0 Å². The third-order valence-corrected chi connectivity index (χ3v) is 4.06. The van der Waals surface area contributed by atoms with E-state index in [1.807, 2.05) is 19.9 Å². The van der Waals surface area contributed by atoms with Crippen molar-refractivity contribution in [1.29, 1.82) is 5.26 Å². The van der Waals surface area contributed by atoms with E-state index in [-0.39, 0.29) is 5.57 Å². The highest BCUT2D eigenvalue weighted by molar-refractivity contribution is 6.32. The lowest BCUT2D eigenvalue weighted by molar-refractivity contribution is -0.112. The molecule has 1 amide bonds. The zero-order valence-electron chi connectivity index (χ0n) is 13.8. The van der Waals surface area contributed by atoms with Crippen LogP contribution in [0.3, 0.4) is 0 Å². The van der Waals surface area contributed by atoms with Crippen LogP contribution in [0.5, 0.6) is 5.75 Å². The largest absolute Gasteiger partial charge is 0.492 e. The molecule has 0 aliphatic carbocycles. The summed E-state index contributed by atoms with van der Waals surface area (Å²) in [6.07, 6.45) is 1.47. The topological polar surface area (TPSA) is 62.1 Å². The summed E-state index contributed by atoms with van der Waals surface area (Å²) in [6, 6.07) is 12.1. The van der Waals surface area contributed by atoms with E-state index in [4.69, 9.17) is 27.9 Å². The summed E-state index contributed by atoms with van der Waals surface area (Å²) in [5.74, 6) is 0.0333. The van der Waals surface area contributed by atoms with Crippen LogP contribution in [0, 0.1) is 18.3 Å². The molecular formula is C19H16Cl2N2O2. The molecule has 2 rings (SSSR count). The fourth-order valence-electron chi connectivity index (χ4n) is 2.06. The maximum absolute atomic E-state index is 12.3. The Morgan fingerprint density at radius 1 is 1.24 bits per heavy atom. The van der Waals surface area contributed by atoms with Crippen LogP contribution in [-0.4, -0.2) is 12.5 Å². The molecule has 0 unspecified atom stereocenters.